The van der Waals surface area contributed by atoms with Gasteiger partial charge in [-0.1, -0.05) is 43.2 Å². The third-order valence-electron chi connectivity index (χ3n) is 4.26. The van der Waals surface area contributed by atoms with Crippen molar-refractivity contribution in [2.75, 3.05) is 24.2 Å². The molecule has 0 unspecified atom stereocenters. The van der Waals surface area contributed by atoms with Gasteiger partial charge in [0.1, 0.15) is 0 Å². The fraction of sp³-hybridized carbons (Fsp3) is 0.381. The van der Waals surface area contributed by atoms with Crippen molar-refractivity contribution >= 4 is 33.4 Å². The van der Waals surface area contributed by atoms with Crippen LogP contribution in [0.4, 0.5) is 5.69 Å². The summed E-state index contributed by atoms with van der Waals surface area (Å²) in [6, 6.07) is 12.7. The van der Waals surface area contributed by atoms with Crippen LogP contribution in [-0.4, -0.2) is 37.5 Å². The van der Waals surface area contributed by atoms with E-state index in [1.54, 1.807) is 23.9 Å². The molecule has 0 aliphatic rings. The highest BCUT2D eigenvalue weighted by atomic mass is 32.2. The topological polar surface area (TPSA) is 66.5 Å². The van der Waals surface area contributed by atoms with Gasteiger partial charge in [0.15, 0.2) is 0 Å². The molecule has 1 amide bonds. The van der Waals surface area contributed by atoms with E-state index in [1.165, 1.54) is 33.1 Å². The summed E-state index contributed by atoms with van der Waals surface area (Å²) in [7, 11) is -3.48. The molecule has 1 N–H and O–H groups in total. The Balaban J connectivity index is 1.90. The molecule has 2 rings (SSSR count). The maximum Gasteiger partial charge on any atom is 0.243 e. The third kappa shape index (κ3) is 6.09. The van der Waals surface area contributed by atoms with Crippen LogP contribution >= 0.6 is 11.8 Å². The molecule has 0 fully saturated rings. The lowest BCUT2D eigenvalue weighted by Gasteiger charge is -2.18. The molecular weight excluding hydrogens is 392 g/mol. The van der Waals surface area contributed by atoms with Gasteiger partial charge in [-0.3, -0.25) is 4.79 Å². The maximum absolute atomic E-state index is 12.5. The molecule has 5 nitrogen and oxygen atoms in total. The van der Waals surface area contributed by atoms with Gasteiger partial charge >= 0.3 is 0 Å². The summed E-state index contributed by atoms with van der Waals surface area (Å²) in [5.74, 6) is 1.01. The Morgan fingerprint density at radius 2 is 1.57 bits per heavy atom. The van der Waals surface area contributed by atoms with Crippen LogP contribution < -0.4 is 5.32 Å². The predicted octanol–water partition coefficient (Wildman–Crippen LogP) is 4.21. The molecule has 28 heavy (non-hydrogen) atoms. The van der Waals surface area contributed by atoms with Crippen LogP contribution in [0.3, 0.4) is 0 Å². The van der Waals surface area contributed by atoms with Gasteiger partial charge in [0.2, 0.25) is 15.9 Å². The molecule has 0 saturated heterocycles. The van der Waals surface area contributed by atoms with Crippen LogP contribution in [-0.2, 0) is 20.6 Å². The number of rotatable bonds is 9. The smallest absolute Gasteiger partial charge is 0.243 e. The summed E-state index contributed by atoms with van der Waals surface area (Å²) in [4.78, 5) is 12.4. The zero-order valence-electron chi connectivity index (χ0n) is 16.9. The SMILES string of the molecule is CCN(CC)S(=O)(=O)c1ccc(NC(=O)CSCc2cc(C)cc(C)c2)cc1. The van der Waals surface area contributed by atoms with Crippen LogP contribution in [0.5, 0.6) is 0 Å². The lowest BCUT2D eigenvalue weighted by molar-refractivity contribution is -0.113. The number of sulfonamides is 1. The van der Waals surface area contributed by atoms with Gasteiger partial charge in [0.05, 0.1) is 10.6 Å². The number of amides is 1. The van der Waals surface area contributed by atoms with Crippen LogP contribution in [0, 0.1) is 13.8 Å². The Bertz CT molecular complexity index is 885. The first kappa shape index (κ1) is 22.5. The van der Waals surface area contributed by atoms with E-state index < -0.39 is 10.0 Å². The van der Waals surface area contributed by atoms with Crippen molar-refractivity contribution in [2.24, 2.45) is 0 Å². The number of hydrogen-bond donors (Lipinski definition) is 1. The number of thioether (sulfide) groups is 1. The quantitative estimate of drug-likeness (QED) is 0.660. The highest BCUT2D eigenvalue weighted by Crippen LogP contribution is 2.19. The minimum atomic E-state index is -3.48. The lowest BCUT2D eigenvalue weighted by Crippen LogP contribution is -2.30. The van der Waals surface area contributed by atoms with Gasteiger partial charge in [-0.05, 0) is 43.7 Å². The van der Waals surface area contributed by atoms with E-state index in [1.807, 2.05) is 13.8 Å². The number of aryl methyl sites for hydroxylation is 2. The molecule has 0 saturated carbocycles. The van der Waals surface area contributed by atoms with Crippen molar-refractivity contribution in [2.45, 2.75) is 38.3 Å². The van der Waals surface area contributed by atoms with Crippen LogP contribution in [0.2, 0.25) is 0 Å². The molecule has 0 radical (unpaired) electrons. The second kappa shape index (κ2) is 10.1. The van der Waals surface area contributed by atoms with Crippen molar-refractivity contribution in [3.63, 3.8) is 0 Å². The number of benzene rings is 2. The van der Waals surface area contributed by atoms with Gasteiger partial charge in [0, 0.05) is 24.5 Å². The molecule has 0 spiro atoms. The van der Waals surface area contributed by atoms with Crippen molar-refractivity contribution in [1.29, 1.82) is 0 Å². The van der Waals surface area contributed by atoms with Gasteiger partial charge < -0.3 is 5.32 Å². The molecule has 0 atom stereocenters. The van der Waals surface area contributed by atoms with E-state index in [4.69, 9.17) is 0 Å². The predicted molar refractivity (Wildman–Crippen MR) is 117 cm³/mol. The molecule has 0 aliphatic heterocycles. The number of carbonyl (C=O) groups excluding carboxylic acids is 1. The van der Waals surface area contributed by atoms with Crippen molar-refractivity contribution in [3.05, 3.63) is 59.2 Å². The highest BCUT2D eigenvalue weighted by molar-refractivity contribution is 7.99. The molecule has 0 aromatic heterocycles. The summed E-state index contributed by atoms with van der Waals surface area (Å²) in [6.07, 6.45) is 0. The molecule has 0 aliphatic carbocycles. The van der Waals surface area contributed by atoms with E-state index in [0.29, 0.717) is 24.5 Å². The second-order valence-corrected chi connectivity index (χ2v) is 9.57. The summed E-state index contributed by atoms with van der Waals surface area (Å²) >= 11 is 1.55. The van der Waals surface area contributed by atoms with E-state index in [9.17, 15) is 13.2 Å². The zero-order chi connectivity index (χ0) is 20.7. The molecule has 2 aromatic rings. The number of hydrogen-bond acceptors (Lipinski definition) is 4. The average Bonchev–Trinajstić information content (AvgIpc) is 2.62. The highest BCUT2D eigenvalue weighted by Gasteiger charge is 2.21. The minimum absolute atomic E-state index is 0.103. The molecule has 152 valence electrons. The number of anilines is 1. The Morgan fingerprint density at radius 3 is 2.11 bits per heavy atom. The first-order valence-corrected chi connectivity index (χ1v) is 11.9. The van der Waals surface area contributed by atoms with Crippen molar-refractivity contribution < 1.29 is 13.2 Å². The van der Waals surface area contributed by atoms with Crippen LogP contribution in [0.25, 0.3) is 0 Å². The summed E-state index contributed by atoms with van der Waals surface area (Å²) in [6.45, 7) is 8.61. The average molecular weight is 421 g/mol. The summed E-state index contributed by atoms with van der Waals surface area (Å²) in [5.41, 5.74) is 4.25. The molecule has 0 bridgehead atoms. The van der Waals surface area contributed by atoms with Crippen LogP contribution in [0.15, 0.2) is 47.4 Å². The largest absolute Gasteiger partial charge is 0.325 e. The zero-order valence-corrected chi connectivity index (χ0v) is 18.5. The molecular formula is C21H28N2O3S2. The molecule has 2 aromatic carbocycles. The Kier molecular flexibility index (Phi) is 8.10. The van der Waals surface area contributed by atoms with Gasteiger partial charge in [-0.15, -0.1) is 11.8 Å². The minimum Gasteiger partial charge on any atom is -0.325 e. The van der Waals surface area contributed by atoms with Crippen molar-refractivity contribution in [1.82, 2.24) is 4.31 Å². The number of carbonyl (C=O) groups is 1. The van der Waals surface area contributed by atoms with Gasteiger partial charge in [-0.25, -0.2) is 8.42 Å². The van der Waals surface area contributed by atoms with Crippen LogP contribution in [0.1, 0.15) is 30.5 Å². The maximum atomic E-state index is 12.5. The number of nitrogens with zero attached hydrogens (tertiary/aromatic N) is 1. The Hall–Kier alpha value is -1.83. The third-order valence-corrected chi connectivity index (χ3v) is 7.33. The number of nitrogens with one attached hydrogen (secondary N) is 1. The first-order chi connectivity index (χ1) is 13.3. The van der Waals surface area contributed by atoms with Crippen molar-refractivity contribution in [3.8, 4) is 0 Å². The van der Waals surface area contributed by atoms with E-state index >= 15 is 0 Å². The van der Waals surface area contributed by atoms with Gasteiger partial charge in [0.25, 0.3) is 0 Å². The molecule has 7 heteroatoms. The molecule has 0 heterocycles. The van der Waals surface area contributed by atoms with Gasteiger partial charge in [-0.2, -0.15) is 4.31 Å². The first-order valence-electron chi connectivity index (χ1n) is 9.31. The van der Waals surface area contributed by atoms with E-state index in [2.05, 4.69) is 37.4 Å². The Morgan fingerprint density at radius 1 is 1.00 bits per heavy atom. The fourth-order valence-corrected chi connectivity index (χ4v) is 5.25. The summed E-state index contributed by atoms with van der Waals surface area (Å²) in [5, 5.41) is 2.82. The monoisotopic (exact) mass is 420 g/mol. The normalized spacial score (nSPS) is 11.6. The van der Waals surface area contributed by atoms with E-state index in [0.717, 1.165) is 5.75 Å². The Labute approximate surface area is 172 Å². The summed E-state index contributed by atoms with van der Waals surface area (Å²) < 4.78 is 26.4. The fourth-order valence-electron chi connectivity index (χ4n) is 3.03. The standard InChI is InChI=1S/C21H28N2O3S2/c1-5-23(6-2)28(25,26)20-9-7-19(8-10-20)22-21(24)15-27-14-18-12-16(3)11-17(4)13-18/h7-13H,5-6,14-15H2,1-4H3,(H,22,24). The van der Waals surface area contributed by atoms with E-state index in [-0.39, 0.29) is 10.8 Å². The second-order valence-electron chi connectivity index (χ2n) is 6.65. The lowest BCUT2D eigenvalue weighted by atomic mass is 10.1.